The largest absolute Gasteiger partial charge is 0.292 e. The van der Waals surface area contributed by atoms with Crippen LogP contribution in [0.3, 0.4) is 0 Å². The summed E-state index contributed by atoms with van der Waals surface area (Å²) in [6.45, 7) is 6.66. The lowest BCUT2D eigenvalue weighted by Crippen LogP contribution is -2.15. The first-order valence-corrected chi connectivity index (χ1v) is 11.4. The fourth-order valence-electron chi connectivity index (χ4n) is 3.37. The fraction of sp³-hybridized carbons (Fsp3) is 0.143. The Morgan fingerprint density at radius 2 is 1.34 bits per heavy atom. The summed E-state index contributed by atoms with van der Waals surface area (Å²) >= 11 is 1.32. The molecule has 0 atom stereocenters. The number of rotatable bonds is 5. The summed E-state index contributed by atoms with van der Waals surface area (Å²) in [6, 6.07) is 30.2. The van der Waals surface area contributed by atoms with E-state index in [4.69, 9.17) is 0 Å². The Bertz CT molecular complexity index is 1180. The van der Waals surface area contributed by atoms with Crippen LogP contribution < -0.4 is 4.72 Å². The van der Waals surface area contributed by atoms with Gasteiger partial charge in [-0.15, -0.1) is 0 Å². The molecule has 1 amide bonds. The first-order valence-electron chi connectivity index (χ1n) is 10.6. The van der Waals surface area contributed by atoms with Crippen LogP contribution in [0.1, 0.15) is 36.7 Å². The predicted octanol–water partition coefficient (Wildman–Crippen LogP) is 7.15. The molecule has 4 aromatic rings. The van der Waals surface area contributed by atoms with Gasteiger partial charge in [-0.1, -0.05) is 75.4 Å². The number of pyridine rings is 1. The van der Waals surface area contributed by atoms with Gasteiger partial charge in [-0.25, -0.2) is 0 Å². The minimum Gasteiger partial charge on any atom is -0.292 e. The topological polar surface area (TPSA) is 42.0 Å². The van der Waals surface area contributed by atoms with Crippen LogP contribution in [0.5, 0.6) is 0 Å². The molecule has 0 saturated carbocycles. The van der Waals surface area contributed by atoms with Crippen molar-refractivity contribution in [3.8, 4) is 22.4 Å². The van der Waals surface area contributed by atoms with E-state index in [0.717, 1.165) is 21.7 Å². The van der Waals surface area contributed by atoms with Gasteiger partial charge in [0.2, 0.25) is 0 Å². The highest BCUT2D eigenvalue weighted by Gasteiger charge is 2.13. The van der Waals surface area contributed by atoms with E-state index in [-0.39, 0.29) is 11.3 Å². The number of aromatic nitrogens is 1. The van der Waals surface area contributed by atoms with E-state index in [9.17, 15) is 4.79 Å². The van der Waals surface area contributed by atoms with Crippen LogP contribution in [-0.4, -0.2) is 10.9 Å². The first kappa shape index (κ1) is 21.8. The number of nitrogens with one attached hydrogen (secondary N) is 1. The maximum absolute atomic E-state index is 12.5. The average Bonchev–Trinajstić information content (AvgIpc) is 2.83. The molecule has 3 aromatic carbocycles. The number of hydrogen-bond acceptors (Lipinski definition) is 3. The number of benzene rings is 3. The molecule has 0 unspecified atom stereocenters. The summed E-state index contributed by atoms with van der Waals surface area (Å²) < 4.78 is 2.92. The Hall–Kier alpha value is -3.37. The van der Waals surface area contributed by atoms with Crippen molar-refractivity contribution < 1.29 is 4.79 Å². The molecule has 4 rings (SSSR count). The highest BCUT2D eigenvalue weighted by Crippen LogP contribution is 2.27. The van der Waals surface area contributed by atoms with E-state index in [1.807, 2.05) is 54.6 Å². The summed E-state index contributed by atoms with van der Waals surface area (Å²) in [5.41, 5.74) is 6.31. The molecule has 0 aliphatic carbocycles. The minimum atomic E-state index is -0.121. The van der Waals surface area contributed by atoms with Crippen molar-refractivity contribution in [2.24, 2.45) is 0 Å². The lowest BCUT2D eigenvalue weighted by molar-refractivity contribution is 0.0984. The molecule has 0 spiro atoms. The Labute approximate surface area is 194 Å². The second-order valence-corrected chi connectivity index (χ2v) is 9.56. The van der Waals surface area contributed by atoms with Gasteiger partial charge in [0.1, 0.15) is 0 Å². The van der Waals surface area contributed by atoms with Crippen LogP contribution in [0.15, 0.2) is 102 Å². The third kappa shape index (κ3) is 5.27. The van der Waals surface area contributed by atoms with Crippen LogP contribution in [0, 0.1) is 0 Å². The number of nitrogens with zero attached hydrogens (tertiary/aromatic N) is 1. The van der Waals surface area contributed by atoms with E-state index in [2.05, 4.69) is 66.9 Å². The van der Waals surface area contributed by atoms with Gasteiger partial charge in [-0.05, 0) is 70.5 Å². The molecule has 1 heterocycles. The van der Waals surface area contributed by atoms with Crippen molar-refractivity contribution in [3.05, 3.63) is 108 Å². The molecule has 160 valence electrons. The summed E-state index contributed by atoms with van der Waals surface area (Å²) in [7, 11) is 0. The molecular formula is C28H26N2OS. The van der Waals surface area contributed by atoms with Crippen molar-refractivity contribution in [2.45, 2.75) is 31.1 Å². The first-order chi connectivity index (χ1) is 15.4. The van der Waals surface area contributed by atoms with Crippen LogP contribution in [0.2, 0.25) is 0 Å². The zero-order chi connectivity index (χ0) is 22.6. The maximum Gasteiger partial charge on any atom is 0.261 e. The van der Waals surface area contributed by atoms with Crippen LogP contribution in [0.4, 0.5) is 0 Å². The van der Waals surface area contributed by atoms with Gasteiger partial charge in [0.25, 0.3) is 5.91 Å². The third-order valence-electron chi connectivity index (χ3n) is 5.31. The van der Waals surface area contributed by atoms with Crippen LogP contribution in [-0.2, 0) is 5.41 Å². The summed E-state index contributed by atoms with van der Waals surface area (Å²) in [5, 5.41) is 0. The molecule has 4 heteroatoms. The quantitative estimate of drug-likeness (QED) is 0.336. The lowest BCUT2D eigenvalue weighted by atomic mass is 9.86. The minimum absolute atomic E-state index is 0.121. The van der Waals surface area contributed by atoms with Gasteiger partial charge >= 0.3 is 0 Å². The van der Waals surface area contributed by atoms with Gasteiger partial charge in [0.05, 0.1) is 5.69 Å². The maximum atomic E-state index is 12.5. The van der Waals surface area contributed by atoms with Crippen molar-refractivity contribution in [2.75, 3.05) is 0 Å². The number of hydrogen-bond donors (Lipinski definition) is 1. The van der Waals surface area contributed by atoms with E-state index in [1.165, 1.54) is 23.1 Å². The highest BCUT2D eigenvalue weighted by molar-refractivity contribution is 7.98. The average molecular weight is 439 g/mol. The predicted molar refractivity (Wildman–Crippen MR) is 134 cm³/mol. The summed E-state index contributed by atoms with van der Waals surface area (Å²) in [4.78, 5) is 17.8. The van der Waals surface area contributed by atoms with Gasteiger partial charge in [-0.3, -0.25) is 14.5 Å². The smallest absolute Gasteiger partial charge is 0.261 e. The third-order valence-corrected chi connectivity index (χ3v) is 6.10. The Morgan fingerprint density at radius 3 is 1.91 bits per heavy atom. The number of amides is 1. The van der Waals surface area contributed by atoms with E-state index in [1.54, 1.807) is 6.20 Å². The van der Waals surface area contributed by atoms with E-state index < -0.39 is 0 Å². The van der Waals surface area contributed by atoms with E-state index in [0.29, 0.717) is 5.56 Å². The molecule has 0 radical (unpaired) electrons. The highest BCUT2D eigenvalue weighted by atomic mass is 32.2. The molecule has 0 aliphatic heterocycles. The lowest BCUT2D eigenvalue weighted by Gasteiger charge is -2.19. The molecule has 0 bridgehead atoms. The van der Waals surface area contributed by atoms with Crippen molar-refractivity contribution >= 4 is 17.9 Å². The zero-order valence-electron chi connectivity index (χ0n) is 18.5. The Balaban J connectivity index is 1.36. The van der Waals surface area contributed by atoms with Gasteiger partial charge < -0.3 is 0 Å². The summed E-state index contributed by atoms with van der Waals surface area (Å²) in [5.74, 6) is -0.121. The van der Waals surface area contributed by atoms with Crippen LogP contribution in [0.25, 0.3) is 22.4 Å². The second-order valence-electron chi connectivity index (χ2n) is 8.68. The molecule has 0 fully saturated rings. The normalized spacial score (nSPS) is 11.2. The van der Waals surface area contributed by atoms with Gasteiger partial charge in [0, 0.05) is 22.2 Å². The Morgan fingerprint density at radius 1 is 0.750 bits per heavy atom. The second kappa shape index (κ2) is 9.41. The molecule has 1 N–H and O–H groups in total. The monoisotopic (exact) mass is 438 g/mol. The molecule has 0 aliphatic rings. The molecular weight excluding hydrogens is 412 g/mol. The van der Waals surface area contributed by atoms with Gasteiger partial charge in [0.15, 0.2) is 0 Å². The molecule has 3 nitrogen and oxygen atoms in total. The molecule has 32 heavy (non-hydrogen) atoms. The zero-order valence-corrected chi connectivity index (χ0v) is 19.3. The fourth-order valence-corrected chi connectivity index (χ4v) is 3.97. The number of carbonyl (C=O) groups excluding carboxylic acids is 1. The number of carbonyl (C=O) groups is 1. The van der Waals surface area contributed by atoms with Crippen LogP contribution >= 0.6 is 11.9 Å². The van der Waals surface area contributed by atoms with Crippen molar-refractivity contribution in [1.82, 2.24) is 9.71 Å². The molecule has 0 saturated heterocycles. The van der Waals surface area contributed by atoms with E-state index >= 15 is 0 Å². The standard InChI is InChI=1S/C28H26N2OS/c1-28(2,3)24-15-11-20(12-16-24)21-13-17-25(18-14-21)32-30-27(31)23-9-7-22(8-10-23)26-6-4-5-19-29-26/h4-19H,1-3H3,(H,30,31). The Kier molecular flexibility index (Phi) is 6.42. The van der Waals surface area contributed by atoms with Gasteiger partial charge in [-0.2, -0.15) is 0 Å². The van der Waals surface area contributed by atoms with Crippen molar-refractivity contribution in [3.63, 3.8) is 0 Å². The van der Waals surface area contributed by atoms with Crippen molar-refractivity contribution in [1.29, 1.82) is 0 Å². The molecule has 1 aromatic heterocycles. The summed E-state index contributed by atoms with van der Waals surface area (Å²) in [6.07, 6.45) is 1.76. The SMILES string of the molecule is CC(C)(C)c1ccc(-c2ccc(SNC(=O)c3ccc(-c4ccccn4)cc3)cc2)cc1.